The summed E-state index contributed by atoms with van der Waals surface area (Å²) < 4.78 is 26.0. The monoisotopic (exact) mass is 447 g/mol. The van der Waals surface area contributed by atoms with Gasteiger partial charge in [-0.05, 0) is 69.1 Å². The number of hydrogen-bond donors (Lipinski definition) is 2. The van der Waals surface area contributed by atoms with Gasteiger partial charge >= 0.3 is 6.09 Å². The standard InChI is InChI=1S/C21H35ClFNO4Si/c1-20(2,3)27-19(26)24-17(12-14-11-15(22)9-10-16(14)23)18(13-25)28-29(7,8)21(4,5)6/h9-11,17-18,25H,12-13H2,1-8H3,(H,24,26)/t17-,18+/m0/s1. The number of carbonyl (C=O) groups excluding carboxylic acids is 1. The van der Waals surface area contributed by atoms with Crippen LogP contribution in [0.4, 0.5) is 9.18 Å². The Labute approximate surface area is 180 Å². The van der Waals surface area contributed by atoms with Crippen LogP contribution < -0.4 is 5.32 Å². The number of halogens is 2. The zero-order valence-electron chi connectivity index (χ0n) is 18.7. The van der Waals surface area contributed by atoms with Crippen LogP contribution in [0.5, 0.6) is 0 Å². The van der Waals surface area contributed by atoms with Gasteiger partial charge in [0, 0.05) is 5.02 Å². The van der Waals surface area contributed by atoms with E-state index in [0.717, 1.165) is 0 Å². The highest BCUT2D eigenvalue weighted by molar-refractivity contribution is 6.74. The average Bonchev–Trinajstić information content (AvgIpc) is 2.52. The number of nitrogens with one attached hydrogen (secondary N) is 1. The van der Waals surface area contributed by atoms with Crippen LogP contribution in [0.1, 0.15) is 47.1 Å². The molecule has 0 fully saturated rings. The maximum absolute atomic E-state index is 14.3. The van der Waals surface area contributed by atoms with Crippen molar-refractivity contribution < 1.29 is 23.5 Å². The molecule has 0 saturated carbocycles. The summed E-state index contributed by atoms with van der Waals surface area (Å²) in [5.41, 5.74) is -0.360. The smallest absolute Gasteiger partial charge is 0.407 e. The Morgan fingerprint density at radius 1 is 1.24 bits per heavy atom. The molecule has 0 radical (unpaired) electrons. The lowest BCUT2D eigenvalue weighted by atomic mass is 10.0. The molecule has 2 atom stereocenters. The van der Waals surface area contributed by atoms with E-state index in [9.17, 15) is 14.3 Å². The lowest BCUT2D eigenvalue weighted by Crippen LogP contribution is -2.54. The minimum atomic E-state index is -2.26. The summed E-state index contributed by atoms with van der Waals surface area (Å²) in [6.45, 7) is 15.3. The third-order valence-corrected chi connectivity index (χ3v) is 9.77. The first kappa shape index (κ1) is 25.9. The van der Waals surface area contributed by atoms with Gasteiger partial charge in [0.15, 0.2) is 8.32 Å². The fraction of sp³-hybridized carbons (Fsp3) is 0.667. The minimum absolute atomic E-state index is 0.0990. The third kappa shape index (κ3) is 8.24. The molecule has 1 aromatic carbocycles. The molecule has 29 heavy (non-hydrogen) atoms. The number of hydrogen-bond acceptors (Lipinski definition) is 4. The largest absolute Gasteiger partial charge is 0.444 e. The van der Waals surface area contributed by atoms with Gasteiger partial charge in [-0.2, -0.15) is 0 Å². The van der Waals surface area contributed by atoms with E-state index in [-0.39, 0.29) is 18.1 Å². The van der Waals surface area contributed by atoms with E-state index in [4.69, 9.17) is 20.8 Å². The van der Waals surface area contributed by atoms with Crippen LogP contribution in [0.3, 0.4) is 0 Å². The molecular formula is C21H35ClFNO4Si. The molecule has 5 nitrogen and oxygen atoms in total. The second kappa shape index (κ2) is 9.77. The SMILES string of the molecule is CC(C)(C)OC(=O)N[C@@H](Cc1cc(Cl)ccc1F)[C@@H](CO)O[Si](C)(C)C(C)(C)C. The first-order valence-corrected chi connectivity index (χ1v) is 13.1. The van der Waals surface area contributed by atoms with Gasteiger partial charge in [0.25, 0.3) is 0 Å². The summed E-state index contributed by atoms with van der Waals surface area (Å²) in [5.74, 6) is -0.436. The van der Waals surface area contributed by atoms with E-state index < -0.39 is 38.0 Å². The van der Waals surface area contributed by atoms with Crippen molar-refractivity contribution in [2.75, 3.05) is 6.61 Å². The molecule has 166 valence electrons. The van der Waals surface area contributed by atoms with Crippen molar-refractivity contribution in [3.05, 3.63) is 34.6 Å². The van der Waals surface area contributed by atoms with Gasteiger partial charge in [-0.15, -0.1) is 0 Å². The number of benzene rings is 1. The zero-order chi connectivity index (χ0) is 22.6. The molecular weight excluding hydrogens is 413 g/mol. The number of ether oxygens (including phenoxy) is 1. The highest BCUT2D eigenvalue weighted by Crippen LogP contribution is 2.37. The van der Waals surface area contributed by atoms with E-state index in [0.29, 0.717) is 10.6 Å². The van der Waals surface area contributed by atoms with Gasteiger partial charge in [-0.1, -0.05) is 32.4 Å². The Balaban J connectivity index is 3.19. The number of alkyl carbamates (subject to hydrolysis) is 1. The van der Waals surface area contributed by atoms with Crippen LogP contribution in [0.25, 0.3) is 0 Å². The molecule has 0 aliphatic rings. The number of amides is 1. The quantitative estimate of drug-likeness (QED) is 0.556. The molecule has 8 heteroatoms. The van der Waals surface area contributed by atoms with Gasteiger partial charge in [0.2, 0.25) is 0 Å². The molecule has 1 rings (SSSR count). The van der Waals surface area contributed by atoms with Crippen molar-refractivity contribution in [3.8, 4) is 0 Å². The van der Waals surface area contributed by atoms with Crippen LogP contribution >= 0.6 is 11.6 Å². The molecule has 2 N–H and O–H groups in total. The Kier molecular flexibility index (Phi) is 8.72. The summed E-state index contributed by atoms with van der Waals surface area (Å²) in [6, 6.07) is 3.57. The highest BCUT2D eigenvalue weighted by Gasteiger charge is 2.41. The number of carbonyl (C=O) groups is 1. The molecule has 0 heterocycles. The molecule has 0 aliphatic heterocycles. The Morgan fingerprint density at radius 2 is 1.83 bits per heavy atom. The van der Waals surface area contributed by atoms with Crippen LogP contribution in [-0.4, -0.2) is 43.9 Å². The second-order valence-electron chi connectivity index (χ2n) is 9.79. The highest BCUT2D eigenvalue weighted by atomic mass is 35.5. The van der Waals surface area contributed by atoms with Gasteiger partial charge < -0.3 is 19.6 Å². The van der Waals surface area contributed by atoms with Gasteiger partial charge in [0.05, 0.1) is 18.8 Å². The van der Waals surface area contributed by atoms with Gasteiger partial charge in [-0.25, -0.2) is 9.18 Å². The average molecular weight is 448 g/mol. The zero-order valence-corrected chi connectivity index (χ0v) is 20.5. The number of rotatable bonds is 7. The van der Waals surface area contributed by atoms with Crippen molar-refractivity contribution in [2.45, 2.75) is 83.8 Å². The summed E-state index contributed by atoms with van der Waals surface area (Å²) in [7, 11) is -2.26. The van der Waals surface area contributed by atoms with Crippen LogP contribution in [-0.2, 0) is 15.6 Å². The maximum atomic E-state index is 14.3. The van der Waals surface area contributed by atoms with Crippen LogP contribution in [0.15, 0.2) is 18.2 Å². The van der Waals surface area contributed by atoms with Crippen molar-refractivity contribution in [3.63, 3.8) is 0 Å². The first-order chi connectivity index (χ1) is 13.1. The lowest BCUT2D eigenvalue weighted by Gasteiger charge is -2.41. The van der Waals surface area contributed by atoms with Crippen LogP contribution in [0.2, 0.25) is 23.2 Å². The Bertz CT molecular complexity index is 701. The van der Waals surface area contributed by atoms with Crippen molar-refractivity contribution in [2.24, 2.45) is 0 Å². The second-order valence-corrected chi connectivity index (χ2v) is 15.0. The van der Waals surface area contributed by atoms with Crippen molar-refractivity contribution in [1.29, 1.82) is 0 Å². The fourth-order valence-electron chi connectivity index (χ4n) is 2.47. The topological polar surface area (TPSA) is 67.8 Å². The maximum Gasteiger partial charge on any atom is 0.407 e. The molecule has 0 spiro atoms. The predicted molar refractivity (Wildman–Crippen MR) is 117 cm³/mol. The molecule has 0 saturated heterocycles. The third-order valence-electron chi connectivity index (χ3n) is 5.03. The molecule has 0 unspecified atom stereocenters. The number of aliphatic hydroxyl groups is 1. The summed E-state index contributed by atoms with van der Waals surface area (Å²) >= 11 is 6.02. The summed E-state index contributed by atoms with van der Waals surface area (Å²) in [6.07, 6.45) is -1.27. The van der Waals surface area contributed by atoms with E-state index in [1.54, 1.807) is 20.8 Å². The van der Waals surface area contributed by atoms with Crippen molar-refractivity contribution in [1.82, 2.24) is 5.32 Å². The Hall–Kier alpha value is -1.15. The van der Waals surface area contributed by atoms with Crippen LogP contribution in [0, 0.1) is 5.82 Å². The van der Waals surface area contributed by atoms with E-state index in [2.05, 4.69) is 39.2 Å². The molecule has 1 amide bonds. The first-order valence-electron chi connectivity index (χ1n) is 9.78. The normalized spacial score (nSPS) is 15.0. The number of aliphatic hydroxyl groups excluding tert-OH is 1. The van der Waals surface area contributed by atoms with Gasteiger partial charge in [-0.3, -0.25) is 0 Å². The lowest BCUT2D eigenvalue weighted by molar-refractivity contribution is 0.0349. The fourth-order valence-corrected chi connectivity index (χ4v) is 4.02. The Morgan fingerprint density at radius 3 is 2.31 bits per heavy atom. The van der Waals surface area contributed by atoms with Gasteiger partial charge in [0.1, 0.15) is 11.4 Å². The minimum Gasteiger partial charge on any atom is -0.444 e. The molecule has 0 aromatic heterocycles. The van der Waals surface area contributed by atoms with E-state index in [1.807, 2.05) is 0 Å². The van der Waals surface area contributed by atoms with E-state index in [1.165, 1.54) is 18.2 Å². The van der Waals surface area contributed by atoms with Crippen molar-refractivity contribution >= 4 is 26.0 Å². The summed E-state index contributed by atoms with van der Waals surface area (Å²) in [5, 5.41) is 13.1. The molecule has 1 aromatic rings. The predicted octanol–water partition coefficient (Wildman–Crippen LogP) is 5.30. The molecule has 0 aliphatic carbocycles. The van der Waals surface area contributed by atoms with E-state index >= 15 is 0 Å². The summed E-state index contributed by atoms with van der Waals surface area (Å²) in [4.78, 5) is 12.4. The molecule has 0 bridgehead atoms.